The molecule has 30 heavy (non-hydrogen) atoms. The van der Waals surface area contributed by atoms with Crippen LogP contribution < -0.4 is 4.72 Å². The number of halogens is 1. The lowest BCUT2D eigenvalue weighted by atomic mass is 9.96. The molecule has 0 aliphatic carbocycles. The number of benzene rings is 2. The van der Waals surface area contributed by atoms with Crippen LogP contribution >= 0.6 is 11.6 Å². The maximum absolute atomic E-state index is 12.8. The number of carboxylic acid groups (broad SMARTS) is 1. The molecule has 2 N–H and O–H groups in total. The SMILES string of the molecule is CCc1c(Cl)nc(NS(=O)(=O)c2cccc(C(=O)O)c2)nc1-c1c(C)cccc1C. The molecule has 0 bridgehead atoms. The summed E-state index contributed by atoms with van der Waals surface area (Å²) in [5.41, 5.74) is 3.95. The van der Waals surface area contributed by atoms with Gasteiger partial charge in [-0.05, 0) is 49.6 Å². The number of sulfonamides is 1. The minimum absolute atomic E-state index is 0.144. The largest absolute Gasteiger partial charge is 0.478 e. The predicted octanol–water partition coefficient (Wildman–Crippen LogP) is 4.48. The highest BCUT2D eigenvalue weighted by molar-refractivity contribution is 7.92. The predicted molar refractivity (Wildman–Crippen MR) is 116 cm³/mol. The summed E-state index contributed by atoms with van der Waals surface area (Å²) in [5.74, 6) is -1.41. The number of aromatic carboxylic acids is 1. The summed E-state index contributed by atoms with van der Waals surface area (Å²) < 4.78 is 27.9. The lowest BCUT2D eigenvalue weighted by Crippen LogP contribution is -2.16. The van der Waals surface area contributed by atoms with Crippen LogP contribution in [0.4, 0.5) is 5.95 Å². The maximum Gasteiger partial charge on any atom is 0.335 e. The van der Waals surface area contributed by atoms with Crippen molar-refractivity contribution < 1.29 is 18.3 Å². The summed E-state index contributed by atoms with van der Waals surface area (Å²) in [4.78, 5) is 19.5. The number of rotatable bonds is 6. The molecule has 156 valence electrons. The smallest absolute Gasteiger partial charge is 0.335 e. The van der Waals surface area contributed by atoms with Gasteiger partial charge in [-0.1, -0.05) is 42.8 Å². The Hall–Kier alpha value is -2.97. The molecule has 3 rings (SSSR count). The van der Waals surface area contributed by atoms with Gasteiger partial charge >= 0.3 is 5.97 Å². The van der Waals surface area contributed by atoms with Gasteiger partial charge in [0.05, 0.1) is 16.2 Å². The molecule has 0 saturated heterocycles. The zero-order valence-electron chi connectivity index (χ0n) is 16.6. The van der Waals surface area contributed by atoms with Crippen molar-refractivity contribution in [1.29, 1.82) is 0 Å². The monoisotopic (exact) mass is 445 g/mol. The number of hydrogen-bond acceptors (Lipinski definition) is 5. The number of aromatic nitrogens is 2. The highest BCUT2D eigenvalue weighted by Crippen LogP contribution is 2.33. The van der Waals surface area contributed by atoms with Gasteiger partial charge in [0, 0.05) is 11.1 Å². The second-order valence-electron chi connectivity index (χ2n) is 6.72. The van der Waals surface area contributed by atoms with Crippen molar-refractivity contribution in [3.05, 3.63) is 69.9 Å². The number of carbonyl (C=O) groups is 1. The van der Waals surface area contributed by atoms with Gasteiger partial charge in [0.25, 0.3) is 10.0 Å². The van der Waals surface area contributed by atoms with Crippen molar-refractivity contribution in [2.24, 2.45) is 0 Å². The molecule has 0 fully saturated rings. The molecule has 1 heterocycles. The Labute approximate surface area is 179 Å². The second-order valence-corrected chi connectivity index (χ2v) is 8.76. The van der Waals surface area contributed by atoms with Gasteiger partial charge in [0.2, 0.25) is 5.95 Å². The van der Waals surface area contributed by atoms with Gasteiger partial charge in [0.15, 0.2) is 0 Å². The first-order chi connectivity index (χ1) is 14.1. The molecule has 0 radical (unpaired) electrons. The Kier molecular flexibility index (Phi) is 6.09. The van der Waals surface area contributed by atoms with Gasteiger partial charge in [-0.2, -0.15) is 4.98 Å². The number of anilines is 1. The van der Waals surface area contributed by atoms with E-state index in [4.69, 9.17) is 16.7 Å². The lowest BCUT2D eigenvalue weighted by molar-refractivity contribution is 0.0696. The van der Waals surface area contributed by atoms with Gasteiger partial charge in [-0.3, -0.25) is 0 Å². The quantitative estimate of drug-likeness (QED) is 0.541. The molecular weight excluding hydrogens is 426 g/mol. The van der Waals surface area contributed by atoms with Gasteiger partial charge in [-0.15, -0.1) is 0 Å². The van der Waals surface area contributed by atoms with E-state index in [1.807, 2.05) is 39.0 Å². The summed E-state index contributed by atoms with van der Waals surface area (Å²) in [7, 11) is -4.12. The summed E-state index contributed by atoms with van der Waals surface area (Å²) in [6.07, 6.45) is 0.565. The fourth-order valence-electron chi connectivity index (χ4n) is 3.19. The van der Waals surface area contributed by atoms with E-state index in [9.17, 15) is 13.2 Å². The molecule has 2 aromatic carbocycles. The van der Waals surface area contributed by atoms with Crippen LogP contribution in [0.1, 0.15) is 34.0 Å². The Morgan fingerprint density at radius 2 is 1.73 bits per heavy atom. The third-order valence-corrected chi connectivity index (χ3v) is 6.28. The third-order valence-electron chi connectivity index (χ3n) is 4.65. The Balaban J connectivity index is 2.11. The summed E-state index contributed by atoms with van der Waals surface area (Å²) in [5, 5.41) is 9.27. The fraction of sp³-hybridized carbons (Fsp3) is 0.190. The molecule has 0 aliphatic rings. The molecule has 0 unspecified atom stereocenters. The van der Waals surface area contributed by atoms with Crippen LogP contribution in [-0.4, -0.2) is 29.5 Å². The number of nitrogens with zero attached hydrogens (tertiary/aromatic N) is 2. The standard InChI is InChI=1S/C21H20ClN3O4S/c1-4-16-18(17-12(2)7-5-8-13(17)3)23-21(24-19(16)22)25-30(28,29)15-10-6-9-14(11-15)20(26)27/h5-11H,4H2,1-3H3,(H,26,27)(H,23,24,25). The zero-order valence-corrected chi connectivity index (χ0v) is 18.2. The average Bonchev–Trinajstić information content (AvgIpc) is 2.67. The van der Waals surface area contributed by atoms with E-state index in [1.165, 1.54) is 18.2 Å². The molecule has 0 spiro atoms. The maximum atomic E-state index is 12.8. The molecular formula is C21H20ClN3O4S. The fourth-order valence-corrected chi connectivity index (χ4v) is 4.48. The number of carboxylic acids is 1. The Morgan fingerprint density at radius 3 is 2.33 bits per heavy atom. The van der Waals surface area contributed by atoms with Crippen molar-refractivity contribution in [2.75, 3.05) is 4.72 Å². The van der Waals surface area contributed by atoms with E-state index in [0.717, 1.165) is 22.8 Å². The first kappa shape index (κ1) is 21.7. The molecule has 3 aromatic rings. The van der Waals surface area contributed by atoms with Gasteiger partial charge in [-0.25, -0.2) is 22.9 Å². The molecule has 7 nitrogen and oxygen atoms in total. The first-order valence-electron chi connectivity index (χ1n) is 9.13. The number of aryl methyl sites for hydroxylation is 2. The van der Waals surface area contributed by atoms with Crippen LogP contribution in [0.3, 0.4) is 0 Å². The van der Waals surface area contributed by atoms with E-state index in [2.05, 4.69) is 14.7 Å². The summed E-state index contributed by atoms with van der Waals surface area (Å²) >= 11 is 6.37. The Bertz CT molecular complexity index is 1220. The molecule has 0 saturated carbocycles. The highest BCUT2D eigenvalue weighted by atomic mass is 35.5. The average molecular weight is 446 g/mol. The third kappa shape index (κ3) is 4.29. The van der Waals surface area contributed by atoms with E-state index in [1.54, 1.807) is 0 Å². The molecule has 0 atom stereocenters. The van der Waals surface area contributed by atoms with E-state index >= 15 is 0 Å². The molecule has 1 aromatic heterocycles. The van der Waals surface area contributed by atoms with Crippen LogP contribution in [0.5, 0.6) is 0 Å². The minimum Gasteiger partial charge on any atom is -0.478 e. The van der Waals surface area contributed by atoms with Crippen LogP contribution in [0.2, 0.25) is 5.15 Å². The summed E-state index contributed by atoms with van der Waals surface area (Å²) in [6, 6.07) is 10.8. The van der Waals surface area contributed by atoms with Crippen molar-refractivity contribution in [3.8, 4) is 11.3 Å². The van der Waals surface area contributed by atoms with Crippen LogP contribution in [-0.2, 0) is 16.4 Å². The van der Waals surface area contributed by atoms with E-state index < -0.39 is 16.0 Å². The number of nitrogens with one attached hydrogen (secondary N) is 1. The first-order valence-corrected chi connectivity index (χ1v) is 11.0. The topological polar surface area (TPSA) is 109 Å². The van der Waals surface area contributed by atoms with Crippen molar-refractivity contribution in [1.82, 2.24) is 9.97 Å². The van der Waals surface area contributed by atoms with E-state index in [-0.39, 0.29) is 21.6 Å². The minimum atomic E-state index is -4.12. The van der Waals surface area contributed by atoms with Crippen LogP contribution in [0, 0.1) is 13.8 Å². The highest BCUT2D eigenvalue weighted by Gasteiger charge is 2.21. The van der Waals surface area contributed by atoms with Gasteiger partial charge in [0.1, 0.15) is 5.15 Å². The zero-order chi connectivity index (χ0) is 22.1. The van der Waals surface area contributed by atoms with Crippen molar-refractivity contribution in [3.63, 3.8) is 0 Å². The van der Waals surface area contributed by atoms with E-state index in [0.29, 0.717) is 17.7 Å². The van der Waals surface area contributed by atoms with Crippen LogP contribution in [0.25, 0.3) is 11.3 Å². The van der Waals surface area contributed by atoms with Crippen LogP contribution in [0.15, 0.2) is 47.4 Å². The van der Waals surface area contributed by atoms with Gasteiger partial charge < -0.3 is 5.11 Å². The molecule has 9 heteroatoms. The molecule has 0 aliphatic heterocycles. The summed E-state index contributed by atoms with van der Waals surface area (Å²) in [6.45, 7) is 5.81. The molecule has 0 amide bonds. The van der Waals surface area contributed by atoms with Crippen molar-refractivity contribution >= 4 is 33.5 Å². The van der Waals surface area contributed by atoms with Crippen molar-refractivity contribution in [2.45, 2.75) is 32.1 Å². The lowest BCUT2D eigenvalue weighted by Gasteiger charge is -2.16. The Morgan fingerprint density at radius 1 is 1.10 bits per heavy atom. The second kappa shape index (κ2) is 8.41. The number of hydrogen-bond donors (Lipinski definition) is 2. The normalized spacial score (nSPS) is 11.3.